The van der Waals surface area contributed by atoms with Gasteiger partial charge < -0.3 is 10.2 Å². The second kappa shape index (κ2) is 8.60. The van der Waals surface area contributed by atoms with Crippen molar-refractivity contribution in [2.24, 2.45) is 0 Å². The molecule has 148 valence electrons. The van der Waals surface area contributed by atoms with Crippen LogP contribution in [0.5, 0.6) is 0 Å². The van der Waals surface area contributed by atoms with Gasteiger partial charge >= 0.3 is 6.03 Å². The van der Waals surface area contributed by atoms with Crippen LogP contribution < -0.4 is 5.32 Å². The van der Waals surface area contributed by atoms with E-state index < -0.39 is 0 Å². The molecule has 1 aliphatic heterocycles. The average molecular weight is 443 g/mol. The lowest BCUT2D eigenvalue weighted by atomic mass is 9.69. The van der Waals surface area contributed by atoms with Gasteiger partial charge in [0.05, 0.1) is 0 Å². The Hall–Kier alpha value is -1.95. The molecule has 1 N–H and O–H groups in total. The Bertz CT molecular complexity index is 791. The number of urea groups is 1. The maximum atomic E-state index is 12.9. The predicted molar refractivity (Wildman–Crippen MR) is 113 cm³/mol. The third kappa shape index (κ3) is 4.22. The summed E-state index contributed by atoms with van der Waals surface area (Å²) >= 11 is 3.54. The first-order valence-electron chi connectivity index (χ1n) is 10.2. The molecule has 0 bridgehead atoms. The van der Waals surface area contributed by atoms with Gasteiger partial charge in [-0.2, -0.15) is 0 Å². The number of carbonyl (C=O) groups is 1. The van der Waals surface area contributed by atoms with Crippen molar-refractivity contribution < 1.29 is 4.79 Å². The summed E-state index contributed by atoms with van der Waals surface area (Å²) in [6.45, 7) is 2.13. The first-order valence-corrected chi connectivity index (χ1v) is 11.0. The van der Waals surface area contributed by atoms with Crippen LogP contribution >= 0.6 is 15.9 Å². The molecule has 0 radical (unpaired) electrons. The highest BCUT2D eigenvalue weighted by atomic mass is 79.9. The summed E-state index contributed by atoms with van der Waals surface area (Å²) < 4.78 is 1.10. The van der Waals surface area contributed by atoms with Gasteiger partial charge in [0.2, 0.25) is 0 Å². The first-order chi connectivity index (χ1) is 13.7. The number of nitrogens with one attached hydrogen (secondary N) is 1. The number of hydrogen-bond donors (Lipinski definition) is 1. The first kappa shape index (κ1) is 19.4. The maximum absolute atomic E-state index is 12.9. The van der Waals surface area contributed by atoms with E-state index in [9.17, 15) is 4.79 Å². The summed E-state index contributed by atoms with van der Waals surface area (Å²) in [6, 6.07) is 8.69. The predicted octanol–water partition coefficient (Wildman–Crippen LogP) is 4.25. The van der Waals surface area contributed by atoms with E-state index in [1.54, 1.807) is 6.33 Å². The molecular formula is C22H27BrN4O. The molecule has 2 aliphatic rings. The number of benzene rings is 1. The van der Waals surface area contributed by atoms with Crippen LogP contribution in [0.1, 0.15) is 48.9 Å². The van der Waals surface area contributed by atoms with Gasteiger partial charge in [0.15, 0.2) is 0 Å². The van der Waals surface area contributed by atoms with Crippen LogP contribution in [0.2, 0.25) is 0 Å². The molecule has 0 atom stereocenters. The van der Waals surface area contributed by atoms with Crippen LogP contribution in [-0.4, -0.2) is 40.5 Å². The van der Waals surface area contributed by atoms with E-state index in [-0.39, 0.29) is 11.4 Å². The third-order valence-electron chi connectivity index (χ3n) is 6.28. The SMILES string of the molecule is O=C(NCC1(c2ccc(Br)cc2)CCCCC1)N1CCc2cncnc2CC1. The lowest BCUT2D eigenvalue weighted by Gasteiger charge is -2.38. The van der Waals surface area contributed by atoms with Gasteiger partial charge in [-0.05, 0) is 42.5 Å². The van der Waals surface area contributed by atoms with Crippen LogP contribution in [-0.2, 0) is 18.3 Å². The van der Waals surface area contributed by atoms with Gasteiger partial charge in [0.1, 0.15) is 6.33 Å². The Morgan fingerprint density at radius 1 is 1.11 bits per heavy atom. The summed E-state index contributed by atoms with van der Waals surface area (Å²) in [7, 11) is 0. The van der Waals surface area contributed by atoms with Crippen LogP contribution in [0.15, 0.2) is 41.3 Å². The number of carbonyl (C=O) groups excluding carboxylic acids is 1. The Kier molecular flexibility index (Phi) is 5.95. The van der Waals surface area contributed by atoms with Crippen molar-refractivity contribution in [3.63, 3.8) is 0 Å². The quantitative estimate of drug-likeness (QED) is 0.772. The number of aromatic nitrogens is 2. The minimum Gasteiger partial charge on any atom is -0.337 e. The molecule has 1 saturated carbocycles. The summed E-state index contributed by atoms with van der Waals surface area (Å²) in [5.74, 6) is 0. The zero-order valence-corrected chi connectivity index (χ0v) is 17.7. The highest BCUT2D eigenvalue weighted by Crippen LogP contribution is 2.39. The molecule has 1 fully saturated rings. The minimum atomic E-state index is 0.0443. The molecule has 2 aromatic rings. The van der Waals surface area contributed by atoms with E-state index in [4.69, 9.17) is 0 Å². The van der Waals surface area contributed by atoms with Crippen molar-refractivity contribution in [3.05, 3.63) is 58.1 Å². The van der Waals surface area contributed by atoms with E-state index >= 15 is 0 Å². The second-order valence-electron chi connectivity index (χ2n) is 7.99. The van der Waals surface area contributed by atoms with Gasteiger partial charge in [-0.1, -0.05) is 47.3 Å². The topological polar surface area (TPSA) is 58.1 Å². The summed E-state index contributed by atoms with van der Waals surface area (Å²) in [6.07, 6.45) is 11.1. The smallest absolute Gasteiger partial charge is 0.317 e. The van der Waals surface area contributed by atoms with Crippen molar-refractivity contribution in [2.45, 2.75) is 50.4 Å². The molecule has 28 heavy (non-hydrogen) atoms. The lowest BCUT2D eigenvalue weighted by molar-refractivity contribution is 0.192. The number of halogens is 1. The fraction of sp³-hybridized carbons (Fsp3) is 0.500. The van der Waals surface area contributed by atoms with Crippen LogP contribution in [0, 0.1) is 0 Å². The molecule has 1 aromatic carbocycles. The lowest BCUT2D eigenvalue weighted by Crippen LogP contribution is -2.48. The van der Waals surface area contributed by atoms with E-state index in [1.165, 1.54) is 24.8 Å². The zero-order valence-electron chi connectivity index (χ0n) is 16.2. The number of hydrogen-bond acceptors (Lipinski definition) is 3. The Morgan fingerprint density at radius 3 is 2.64 bits per heavy atom. The summed E-state index contributed by atoms with van der Waals surface area (Å²) in [5.41, 5.74) is 3.63. The van der Waals surface area contributed by atoms with E-state index in [1.807, 2.05) is 11.1 Å². The largest absolute Gasteiger partial charge is 0.337 e. The Labute approximate surface area is 175 Å². The number of nitrogens with zero attached hydrogens (tertiary/aromatic N) is 3. The molecule has 6 heteroatoms. The van der Waals surface area contributed by atoms with Crippen molar-refractivity contribution in [3.8, 4) is 0 Å². The van der Waals surface area contributed by atoms with E-state index in [0.29, 0.717) is 13.1 Å². The average Bonchev–Trinajstić information content (AvgIpc) is 2.96. The second-order valence-corrected chi connectivity index (χ2v) is 8.90. The molecular weight excluding hydrogens is 416 g/mol. The Morgan fingerprint density at radius 2 is 1.86 bits per heavy atom. The van der Waals surface area contributed by atoms with Crippen LogP contribution in [0.25, 0.3) is 0 Å². The third-order valence-corrected chi connectivity index (χ3v) is 6.81. The van der Waals surface area contributed by atoms with Gasteiger partial charge in [-0.15, -0.1) is 0 Å². The van der Waals surface area contributed by atoms with Crippen LogP contribution in [0.4, 0.5) is 4.79 Å². The fourth-order valence-corrected chi connectivity index (χ4v) is 4.85. The molecule has 1 aliphatic carbocycles. The minimum absolute atomic E-state index is 0.0443. The van der Waals surface area contributed by atoms with Crippen molar-refractivity contribution in [1.29, 1.82) is 0 Å². The molecule has 2 heterocycles. The van der Waals surface area contributed by atoms with Gasteiger partial charge in [0, 0.05) is 47.8 Å². The van der Waals surface area contributed by atoms with Gasteiger partial charge in [0.25, 0.3) is 0 Å². The normalized spacial score (nSPS) is 18.8. The highest BCUT2D eigenvalue weighted by Gasteiger charge is 2.34. The summed E-state index contributed by atoms with van der Waals surface area (Å²) in [4.78, 5) is 23.4. The number of rotatable bonds is 3. The van der Waals surface area contributed by atoms with Crippen LogP contribution in [0.3, 0.4) is 0 Å². The molecule has 1 aromatic heterocycles. The fourth-order valence-electron chi connectivity index (χ4n) is 4.58. The molecule has 0 unspecified atom stereocenters. The van der Waals surface area contributed by atoms with Crippen molar-refractivity contribution in [2.75, 3.05) is 19.6 Å². The monoisotopic (exact) mass is 442 g/mol. The van der Waals surface area contributed by atoms with Gasteiger partial charge in [-0.25, -0.2) is 14.8 Å². The van der Waals surface area contributed by atoms with Crippen molar-refractivity contribution >= 4 is 22.0 Å². The number of amides is 2. The van der Waals surface area contributed by atoms with E-state index in [2.05, 4.69) is 55.5 Å². The molecule has 0 spiro atoms. The Balaban J connectivity index is 1.42. The maximum Gasteiger partial charge on any atom is 0.317 e. The molecule has 4 rings (SSSR count). The summed E-state index contributed by atoms with van der Waals surface area (Å²) in [5, 5.41) is 3.27. The highest BCUT2D eigenvalue weighted by molar-refractivity contribution is 9.10. The standard InChI is InChI=1S/C22H27BrN4O/c23-19-6-4-18(5-7-19)22(10-2-1-3-11-22)15-25-21(28)27-12-8-17-14-24-16-26-20(17)9-13-27/h4-7,14,16H,1-3,8-13,15H2,(H,25,28). The molecule has 0 saturated heterocycles. The molecule has 2 amide bonds. The van der Waals surface area contributed by atoms with Gasteiger partial charge in [-0.3, -0.25) is 0 Å². The zero-order chi connectivity index (χ0) is 19.4. The van der Waals surface area contributed by atoms with E-state index in [0.717, 1.165) is 48.0 Å². The number of fused-ring (bicyclic) bond motifs is 1. The van der Waals surface area contributed by atoms with Crippen molar-refractivity contribution in [1.82, 2.24) is 20.2 Å². The molecule has 5 nitrogen and oxygen atoms in total.